The minimum Gasteiger partial charge on any atom is -0.408 e. The first-order valence-corrected chi connectivity index (χ1v) is 19.4. The van der Waals surface area contributed by atoms with Crippen LogP contribution in [0.15, 0.2) is 105 Å². The molecule has 0 radical (unpaired) electrons. The number of rotatable bonds is 6. The number of hydrogen-bond donors (Lipinski definition) is 1. The van der Waals surface area contributed by atoms with Gasteiger partial charge in [-0.3, -0.25) is 0 Å². The van der Waals surface area contributed by atoms with E-state index in [2.05, 4.69) is 116 Å². The topological polar surface area (TPSA) is 38.3 Å². The van der Waals surface area contributed by atoms with Gasteiger partial charge in [-0.05, 0) is 128 Å². The van der Waals surface area contributed by atoms with Gasteiger partial charge in [-0.1, -0.05) is 97.1 Å². The van der Waals surface area contributed by atoms with Crippen molar-refractivity contribution in [3.63, 3.8) is 0 Å². The van der Waals surface area contributed by atoms with Crippen LogP contribution in [0.3, 0.4) is 0 Å². The van der Waals surface area contributed by atoms with Crippen LogP contribution in [-0.4, -0.2) is 0 Å². The molecule has 0 saturated heterocycles. The fourth-order valence-electron chi connectivity index (χ4n) is 7.69. The fourth-order valence-corrected chi connectivity index (χ4v) is 11.4. The molecule has 46 heavy (non-hydrogen) atoms. The zero-order valence-electron chi connectivity index (χ0n) is 26.8. The first-order valence-electron chi connectivity index (χ1n) is 16.8. The van der Waals surface area contributed by atoms with Crippen molar-refractivity contribution in [2.24, 2.45) is 0 Å². The van der Waals surface area contributed by atoms with Crippen molar-refractivity contribution in [2.75, 3.05) is 5.09 Å². The molecule has 0 spiro atoms. The van der Waals surface area contributed by atoms with Gasteiger partial charge in [0.25, 0.3) is 0 Å². The molecule has 232 valence electrons. The summed E-state index contributed by atoms with van der Waals surface area (Å²) in [6.07, 6.45) is 9.56. The van der Waals surface area contributed by atoms with Crippen LogP contribution < -0.4 is 21.0 Å². The lowest BCUT2D eigenvalue weighted by Crippen LogP contribution is -2.24. The Labute approximate surface area is 274 Å². The van der Waals surface area contributed by atoms with Crippen LogP contribution >= 0.6 is 16.1 Å². The smallest absolute Gasteiger partial charge is 0.307 e. The maximum atomic E-state index is 7.01. The average Bonchev–Trinajstić information content (AvgIpc) is 3.28. The van der Waals surface area contributed by atoms with Crippen LogP contribution in [0.25, 0.3) is 21.9 Å². The Morgan fingerprint density at radius 2 is 1.09 bits per heavy atom. The molecule has 0 atom stereocenters. The maximum Gasteiger partial charge on any atom is 0.307 e. The maximum absolute atomic E-state index is 7.01. The lowest BCUT2D eigenvalue weighted by Gasteiger charge is -2.22. The van der Waals surface area contributed by atoms with Crippen LogP contribution in [0.5, 0.6) is 0 Å². The van der Waals surface area contributed by atoms with Gasteiger partial charge in [-0.15, -0.1) is 0 Å². The molecular formula is C41H41NO2P2. The Balaban J connectivity index is 1.29. The van der Waals surface area contributed by atoms with Gasteiger partial charge in [-0.25, -0.2) is 5.09 Å². The van der Waals surface area contributed by atoms with E-state index >= 15 is 0 Å². The zero-order chi connectivity index (χ0) is 31.0. The second kappa shape index (κ2) is 12.9. The monoisotopic (exact) mass is 641 g/mol. The van der Waals surface area contributed by atoms with Crippen molar-refractivity contribution in [1.82, 2.24) is 0 Å². The molecule has 8 rings (SSSR count). The normalized spacial score (nSPS) is 14.4. The van der Waals surface area contributed by atoms with Gasteiger partial charge in [0, 0.05) is 17.3 Å². The van der Waals surface area contributed by atoms with E-state index in [1.54, 1.807) is 0 Å². The standard InChI is InChI=1S/C41H41NO2P2/c1-28-25-30-15-9-12-22-35(30)38-39-36-23-13-10-16-31(36)26-29(2)41(39)44-46(43-40(28)38)42-27-32-17-11-14-24-37(32)45(33-18-5-3-6-19-33)34-20-7-4-8-21-34/h3-8,11,14,17-21,24-26,42H,9-10,12-13,15-16,22-23,27H2,1-2H3. The van der Waals surface area contributed by atoms with Crippen molar-refractivity contribution >= 4 is 53.9 Å². The SMILES string of the molecule is Cc1cc2c(c3c1op(NCc1ccccc1P(c1ccccc1)c1ccccc1)oc1c(C)cc4c(c13)CCCC4)CCCC2. The van der Waals surface area contributed by atoms with E-state index in [0.717, 1.165) is 36.8 Å². The molecule has 0 fully saturated rings. The van der Waals surface area contributed by atoms with Crippen molar-refractivity contribution in [3.8, 4) is 0 Å². The van der Waals surface area contributed by atoms with Gasteiger partial charge < -0.3 is 8.39 Å². The van der Waals surface area contributed by atoms with Crippen molar-refractivity contribution in [3.05, 3.63) is 136 Å². The Morgan fingerprint density at radius 3 is 1.63 bits per heavy atom. The molecule has 0 saturated carbocycles. The van der Waals surface area contributed by atoms with Crippen molar-refractivity contribution < 1.29 is 8.39 Å². The summed E-state index contributed by atoms with van der Waals surface area (Å²) in [5, 5.41) is 10.5. The highest BCUT2D eigenvalue weighted by molar-refractivity contribution is 7.79. The van der Waals surface area contributed by atoms with E-state index in [9.17, 15) is 0 Å². The fraction of sp³-hybridized carbons (Fsp3) is 0.268. The third-order valence-corrected chi connectivity index (χ3v) is 13.5. The van der Waals surface area contributed by atoms with Crippen LogP contribution in [0.1, 0.15) is 64.6 Å². The van der Waals surface area contributed by atoms with Gasteiger partial charge in [0.15, 0.2) is 0 Å². The molecular weight excluding hydrogens is 600 g/mol. The second-order valence-electron chi connectivity index (χ2n) is 12.9. The lowest BCUT2D eigenvalue weighted by atomic mass is 9.82. The van der Waals surface area contributed by atoms with Crippen LogP contribution in [-0.2, 0) is 32.2 Å². The summed E-state index contributed by atoms with van der Waals surface area (Å²) in [6, 6.07) is 35.6. The number of aryl methyl sites for hydroxylation is 6. The highest BCUT2D eigenvalue weighted by Crippen LogP contribution is 2.44. The Kier molecular flexibility index (Phi) is 8.34. The van der Waals surface area contributed by atoms with E-state index in [0.29, 0.717) is 6.54 Å². The van der Waals surface area contributed by atoms with Crippen LogP contribution in [0, 0.1) is 13.8 Å². The summed E-state index contributed by atoms with van der Waals surface area (Å²) >= 11 is 0. The van der Waals surface area contributed by atoms with E-state index < -0.39 is 16.1 Å². The van der Waals surface area contributed by atoms with E-state index in [1.807, 2.05) is 0 Å². The predicted molar refractivity (Wildman–Crippen MR) is 197 cm³/mol. The quantitative estimate of drug-likeness (QED) is 0.184. The molecule has 1 heterocycles. The molecule has 0 bridgehead atoms. The van der Waals surface area contributed by atoms with Crippen LogP contribution in [0.2, 0.25) is 0 Å². The Morgan fingerprint density at radius 1 is 0.609 bits per heavy atom. The third-order valence-electron chi connectivity index (χ3n) is 9.83. The summed E-state index contributed by atoms with van der Waals surface area (Å²) in [7, 11) is -2.16. The summed E-state index contributed by atoms with van der Waals surface area (Å²) < 4.78 is 14.0. The van der Waals surface area contributed by atoms with Gasteiger partial charge in [0.2, 0.25) is 0 Å². The van der Waals surface area contributed by atoms with Gasteiger partial charge in [-0.2, -0.15) is 0 Å². The molecule has 5 heteroatoms. The number of fused-ring (bicyclic) bond motifs is 7. The van der Waals surface area contributed by atoms with Crippen LogP contribution in [0.4, 0.5) is 0 Å². The van der Waals surface area contributed by atoms with Gasteiger partial charge >= 0.3 is 8.16 Å². The van der Waals surface area contributed by atoms with Crippen molar-refractivity contribution in [1.29, 1.82) is 0 Å². The molecule has 0 aliphatic heterocycles. The predicted octanol–water partition coefficient (Wildman–Crippen LogP) is 10.2. The molecule has 0 unspecified atom stereocenters. The highest BCUT2D eigenvalue weighted by atomic mass is 31.1. The summed E-state index contributed by atoms with van der Waals surface area (Å²) in [5.41, 5.74) is 11.8. The minimum atomic E-state index is -1.44. The molecule has 2 aliphatic carbocycles. The summed E-state index contributed by atoms with van der Waals surface area (Å²) in [4.78, 5) is 0. The lowest BCUT2D eigenvalue weighted by molar-refractivity contribution is 0.636. The number of hydrogen-bond acceptors (Lipinski definition) is 3. The zero-order valence-corrected chi connectivity index (χ0v) is 28.6. The largest absolute Gasteiger partial charge is 0.408 e. The molecule has 5 aromatic carbocycles. The summed E-state index contributed by atoms with van der Waals surface area (Å²) in [5.74, 6) is 0. The van der Waals surface area contributed by atoms with E-state index in [-0.39, 0.29) is 0 Å². The molecule has 3 nitrogen and oxygen atoms in total. The van der Waals surface area contributed by atoms with Gasteiger partial charge in [0.1, 0.15) is 11.2 Å². The average molecular weight is 642 g/mol. The molecule has 2 aliphatic rings. The third kappa shape index (κ3) is 5.54. The first kappa shape index (κ1) is 29.8. The number of nitrogens with one attached hydrogen (secondary N) is 1. The summed E-state index contributed by atoms with van der Waals surface area (Å²) in [6.45, 7) is 5.13. The molecule has 1 aromatic heterocycles. The Bertz CT molecular complexity index is 1960. The van der Waals surface area contributed by atoms with E-state index in [1.165, 1.54) is 91.3 Å². The first-order chi connectivity index (χ1) is 22.7. The van der Waals surface area contributed by atoms with E-state index in [4.69, 9.17) is 8.39 Å². The molecule has 1 N–H and O–H groups in total. The molecule has 0 amide bonds. The van der Waals surface area contributed by atoms with Crippen molar-refractivity contribution in [2.45, 2.75) is 71.8 Å². The Hall–Kier alpha value is -3.61. The molecule has 6 aromatic rings. The highest BCUT2D eigenvalue weighted by Gasteiger charge is 2.24. The number of benzene rings is 5. The second-order valence-corrected chi connectivity index (χ2v) is 16.3. The minimum absolute atomic E-state index is 0.666. The van der Waals surface area contributed by atoms with Gasteiger partial charge in [0.05, 0.1) is 0 Å².